The van der Waals surface area contributed by atoms with E-state index in [1.165, 1.54) is 5.56 Å². The average molecular weight is 149 g/mol. The molecule has 11 heavy (non-hydrogen) atoms. The summed E-state index contributed by atoms with van der Waals surface area (Å²) in [4.78, 5) is 4.05. The van der Waals surface area contributed by atoms with E-state index in [4.69, 9.17) is 4.74 Å². The Morgan fingerprint density at radius 3 is 2.91 bits per heavy atom. The Morgan fingerprint density at radius 2 is 2.45 bits per heavy atom. The lowest BCUT2D eigenvalue weighted by molar-refractivity contribution is -0.140. The molecule has 0 saturated carbocycles. The quantitative estimate of drug-likeness (QED) is 0.606. The topological polar surface area (TPSA) is 22.1 Å². The molecule has 1 aliphatic rings. The molecular weight excluding hydrogens is 138 g/mol. The van der Waals surface area contributed by atoms with Gasteiger partial charge in [0.15, 0.2) is 0 Å². The van der Waals surface area contributed by atoms with Crippen LogP contribution in [-0.4, -0.2) is 11.6 Å². The van der Waals surface area contributed by atoms with Gasteiger partial charge in [-0.1, -0.05) is 6.07 Å². The molecule has 2 heteroatoms. The van der Waals surface area contributed by atoms with Crippen molar-refractivity contribution in [2.75, 3.05) is 6.61 Å². The highest BCUT2D eigenvalue weighted by molar-refractivity contribution is 5.19. The zero-order valence-corrected chi connectivity index (χ0v) is 6.58. The van der Waals surface area contributed by atoms with Crippen molar-refractivity contribution in [3.8, 4) is 0 Å². The van der Waals surface area contributed by atoms with Crippen LogP contribution >= 0.6 is 0 Å². The summed E-state index contributed by atoms with van der Waals surface area (Å²) in [6, 6.07) is 4.01. The van der Waals surface area contributed by atoms with Gasteiger partial charge in [-0.2, -0.15) is 0 Å². The van der Waals surface area contributed by atoms with Crippen LogP contribution in [0.5, 0.6) is 0 Å². The largest absolute Gasteiger partial charge is 0.370 e. The predicted molar refractivity (Wildman–Crippen MR) is 42.2 cm³/mol. The molecule has 0 aromatic carbocycles. The maximum absolute atomic E-state index is 5.46. The Kier molecular flexibility index (Phi) is 1.43. The third-order valence-corrected chi connectivity index (χ3v) is 2.27. The summed E-state index contributed by atoms with van der Waals surface area (Å²) in [7, 11) is 0. The summed E-state index contributed by atoms with van der Waals surface area (Å²) >= 11 is 0. The van der Waals surface area contributed by atoms with E-state index >= 15 is 0 Å². The van der Waals surface area contributed by atoms with Crippen LogP contribution in [0, 0.1) is 0 Å². The van der Waals surface area contributed by atoms with Crippen molar-refractivity contribution in [2.45, 2.75) is 18.9 Å². The van der Waals surface area contributed by atoms with Crippen molar-refractivity contribution in [3.63, 3.8) is 0 Å². The number of hydrogen-bond donors (Lipinski definition) is 0. The van der Waals surface area contributed by atoms with E-state index in [-0.39, 0.29) is 5.60 Å². The summed E-state index contributed by atoms with van der Waals surface area (Å²) in [6.07, 6.45) is 4.77. The Hall–Kier alpha value is -0.890. The minimum atomic E-state index is -0.0474. The van der Waals surface area contributed by atoms with Crippen LogP contribution in [0.2, 0.25) is 0 Å². The molecule has 1 atom stereocenters. The molecule has 0 spiro atoms. The first kappa shape index (κ1) is 6.80. The molecule has 1 saturated heterocycles. The Labute approximate surface area is 66.2 Å². The summed E-state index contributed by atoms with van der Waals surface area (Å²) in [5, 5.41) is 0. The van der Waals surface area contributed by atoms with Crippen LogP contribution < -0.4 is 0 Å². The third kappa shape index (κ3) is 1.03. The number of nitrogens with zero attached hydrogens (tertiary/aromatic N) is 1. The van der Waals surface area contributed by atoms with E-state index in [2.05, 4.69) is 18.0 Å². The van der Waals surface area contributed by atoms with Crippen molar-refractivity contribution in [2.24, 2.45) is 0 Å². The molecule has 58 valence electrons. The van der Waals surface area contributed by atoms with Crippen LogP contribution in [0.3, 0.4) is 0 Å². The molecular formula is C9H11NO. The van der Waals surface area contributed by atoms with Crippen molar-refractivity contribution < 1.29 is 4.74 Å². The highest BCUT2D eigenvalue weighted by Gasteiger charge is 2.34. The van der Waals surface area contributed by atoms with Crippen molar-refractivity contribution in [1.82, 2.24) is 4.98 Å². The molecule has 1 unspecified atom stereocenters. The Morgan fingerprint density at radius 1 is 1.64 bits per heavy atom. The molecule has 1 aromatic rings. The van der Waals surface area contributed by atoms with Crippen LogP contribution in [0.25, 0.3) is 0 Å². The first-order valence-corrected chi connectivity index (χ1v) is 3.86. The normalized spacial score (nSPS) is 29.5. The first-order chi connectivity index (χ1) is 5.31. The lowest BCUT2D eigenvalue weighted by Gasteiger charge is -2.38. The van der Waals surface area contributed by atoms with Crippen molar-refractivity contribution in [3.05, 3.63) is 30.1 Å². The maximum atomic E-state index is 5.46. The molecule has 0 aliphatic carbocycles. The molecule has 1 aromatic heterocycles. The molecule has 0 N–H and O–H groups in total. The SMILES string of the molecule is CC1(c2cccnc2)CCO1. The van der Waals surface area contributed by atoms with Gasteiger partial charge in [0.25, 0.3) is 0 Å². The van der Waals surface area contributed by atoms with Gasteiger partial charge in [-0.25, -0.2) is 0 Å². The smallest absolute Gasteiger partial charge is 0.0940 e. The standard InChI is InChI=1S/C9H11NO/c1-9(4-6-11-9)8-3-2-5-10-7-8/h2-3,5,7H,4,6H2,1H3. The Bertz CT molecular complexity index is 241. The second kappa shape index (κ2) is 2.31. The van der Waals surface area contributed by atoms with Gasteiger partial charge in [0, 0.05) is 24.4 Å². The highest BCUT2D eigenvalue weighted by Crippen LogP contribution is 2.35. The summed E-state index contributed by atoms with van der Waals surface area (Å²) in [5.74, 6) is 0. The van der Waals surface area contributed by atoms with Crippen molar-refractivity contribution in [1.29, 1.82) is 0 Å². The Balaban J connectivity index is 2.29. The van der Waals surface area contributed by atoms with Gasteiger partial charge < -0.3 is 4.74 Å². The van der Waals surface area contributed by atoms with E-state index in [9.17, 15) is 0 Å². The highest BCUT2D eigenvalue weighted by atomic mass is 16.5. The first-order valence-electron chi connectivity index (χ1n) is 3.86. The van der Waals surface area contributed by atoms with E-state index < -0.39 is 0 Å². The third-order valence-electron chi connectivity index (χ3n) is 2.27. The fraction of sp³-hybridized carbons (Fsp3) is 0.444. The molecule has 0 amide bonds. The van der Waals surface area contributed by atoms with Crippen LogP contribution in [0.15, 0.2) is 24.5 Å². The molecule has 2 rings (SSSR count). The van der Waals surface area contributed by atoms with Gasteiger partial charge in [-0.05, 0) is 13.0 Å². The molecule has 0 radical (unpaired) electrons. The summed E-state index contributed by atoms with van der Waals surface area (Å²) in [6.45, 7) is 2.99. The predicted octanol–water partition coefficient (Wildman–Crippen LogP) is 1.72. The van der Waals surface area contributed by atoms with Gasteiger partial charge >= 0.3 is 0 Å². The van der Waals surface area contributed by atoms with E-state index in [0.717, 1.165) is 13.0 Å². The molecule has 2 heterocycles. The molecule has 0 bridgehead atoms. The summed E-state index contributed by atoms with van der Waals surface area (Å²) in [5.41, 5.74) is 1.14. The van der Waals surface area contributed by atoms with Gasteiger partial charge in [0.1, 0.15) is 0 Å². The molecule has 1 fully saturated rings. The lowest BCUT2D eigenvalue weighted by atomic mass is 9.90. The minimum Gasteiger partial charge on any atom is -0.370 e. The van der Waals surface area contributed by atoms with Crippen molar-refractivity contribution >= 4 is 0 Å². The van der Waals surface area contributed by atoms with Gasteiger partial charge in [-0.3, -0.25) is 4.98 Å². The minimum absolute atomic E-state index is 0.0474. The van der Waals surface area contributed by atoms with Crippen LogP contribution in [0.4, 0.5) is 0 Å². The molecule has 2 nitrogen and oxygen atoms in total. The number of ether oxygens (including phenoxy) is 1. The summed E-state index contributed by atoms with van der Waals surface area (Å²) < 4.78 is 5.46. The second-order valence-corrected chi connectivity index (χ2v) is 3.07. The van der Waals surface area contributed by atoms with Gasteiger partial charge in [0.2, 0.25) is 0 Å². The van der Waals surface area contributed by atoms with E-state index in [0.29, 0.717) is 0 Å². The zero-order chi connectivity index (χ0) is 7.73. The second-order valence-electron chi connectivity index (χ2n) is 3.07. The monoisotopic (exact) mass is 149 g/mol. The number of hydrogen-bond acceptors (Lipinski definition) is 2. The van der Waals surface area contributed by atoms with E-state index in [1.807, 2.05) is 12.3 Å². The van der Waals surface area contributed by atoms with Crippen LogP contribution in [-0.2, 0) is 10.3 Å². The zero-order valence-electron chi connectivity index (χ0n) is 6.58. The number of aromatic nitrogens is 1. The fourth-order valence-electron chi connectivity index (χ4n) is 1.31. The average Bonchev–Trinajstić information content (AvgIpc) is 2.02. The van der Waals surface area contributed by atoms with Gasteiger partial charge in [0.05, 0.1) is 12.2 Å². The van der Waals surface area contributed by atoms with Crippen LogP contribution in [0.1, 0.15) is 18.9 Å². The number of pyridine rings is 1. The lowest BCUT2D eigenvalue weighted by Crippen LogP contribution is -2.37. The van der Waals surface area contributed by atoms with E-state index in [1.54, 1.807) is 6.20 Å². The number of rotatable bonds is 1. The van der Waals surface area contributed by atoms with Gasteiger partial charge in [-0.15, -0.1) is 0 Å². The molecule has 1 aliphatic heterocycles. The fourth-order valence-corrected chi connectivity index (χ4v) is 1.31. The maximum Gasteiger partial charge on any atom is 0.0940 e.